The van der Waals surface area contributed by atoms with Gasteiger partial charge in [-0.1, -0.05) is 54.2 Å². The Hall–Kier alpha value is -3.66. The van der Waals surface area contributed by atoms with Gasteiger partial charge in [0, 0.05) is 17.7 Å². The number of hydrogen-bond donors (Lipinski definition) is 1. The molecule has 1 heterocycles. The van der Waals surface area contributed by atoms with E-state index in [1.807, 2.05) is 41.8 Å². The predicted molar refractivity (Wildman–Crippen MR) is 115 cm³/mol. The number of carboxylic acid groups (broad SMARTS) is 1. The fourth-order valence-corrected chi connectivity index (χ4v) is 3.47. The van der Waals surface area contributed by atoms with Gasteiger partial charge < -0.3 is 19.2 Å². The highest BCUT2D eigenvalue weighted by Gasteiger charge is 2.14. The van der Waals surface area contributed by atoms with E-state index in [4.69, 9.17) is 4.74 Å². The second-order valence-electron chi connectivity index (χ2n) is 6.20. The van der Waals surface area contributed by atoms with Gasteiger partial charge >= 0.3 is 0 Å². The Bertz CT molecular complexity index is 1070. The second-order valence-corrected chi connectivity index (χ2v) is 7.14. The number of nitrogens with one attached hydrogen (secondary N) is 1. The lowest BCUT2D eigenvalue weighted by atomic mass is 10.2. The number of carbonyl (C=O) groups excluding carboxylic acids is 2. The lowest BCUT2D eigenvalue weighted by Gasteiger charge is -2.09. The summed E-state index contributed by atoms with van der Waals surface area (Å²) in [6.07, 6.45) is 1.38. The van der Waals surface area contributed by atoms with E-state index in [0.29, 0.717) is 23.0 Å². The highest BCUT2D eigenvalue weighted by molar-refractivity contribution is 7.99. The maximum atomic E-state index is 12.2. The average Bonchev–Trinajstić information content (AvgIpc) is 3.20. The minimum atomic E-state index is -1.33. The van der Waals surface area contributed by atoms with Gasteiger partial charge in [-0.3, -0.25) is 4.79 Å². The monoisotopic (exact) mass is 438 g/mol. The van der Waals surface area contributed by atoms with E-state index in [9.17, 15) is 14.7 Å². The Morgan fingerprint density at radius 2 is 1.90 bits per heavy atom. The molecule has 0 unspecified atom stereocenters. The number of carboxylic acids is 1. The summed E-state index contributed by atoms with van der Waals surface area (Å²) >= 11 is 1.26. The van der Waals surface area contributed by atoms with Crippen molar-refractivity contribution in [2.45, 2.75) is 18.6 Å². The van der Waals surface area contributed by atoms with Crippen LogP contribution in [0.5, 0.6) is 5.75 Å². The van der Waals surface area contributed by atoms with Crippen LogP contribution in [0.2, 0.25) is 0 Å². The molecule has 0 aliphatic heterocycles. The molecule has 0 bridgehead atoms. The summed E-state index contributed by atoms with van der Waals surface area (Å²) in [5.41, 5.74) is 3.92. The van der Waals surface area contributed by atoms with Crippen LogP contribution < -0.4 is 15.3 Å². The van der Waals surface area contributed by atoms with Crippen molar-refractivity contribution in [1.29, 1.82) is 0 Å². The zero-order chi connectivity index (χ0) is 22.1. The normalized spacial score (nSPS) is 10.9. The van der Waals surface area contributed by atoms with Crippen LogP contribution in [-0.4, -0.2) is 45.2 Å². The summed E-state index contributed by atoms with van der Waals surface area (Å²) in [5.74, 6) is -0.470. The van der Waals surface area contributed by atoms with Crippen LogP contribution >= 0.6 is 11.8 Å². The smallest absolute Gasteiger partial charge is 0.250 e. The van der Waals surface area contributed by atoms with Crippen LogP contribution in [0.15, 0.2) is 64.9 Å². The SMILES string of the molecule is CCn1c(SCC(=O)N/N=C\c2ccccc2OCC(=O)[O-])nnc1-c1ccccc1. The van der Waals surface area contributed by atoms with Gasteiger partial charge in [0.15, 0.2) is 11.0 Å². The average molecular weight is 438 g/mol. The summed E-state index contributed by atoms with van der Waals surface area (Å²) in [6, 6.07) is 16.4. The van der Waals surface area contributed by atoms with Crippen molar-refractivity contribution in [3.05, 3.63) is 60.2 Å². The van der Waals surface area contributed by atoms with Crippen molar-refractivity contribution in [2.75, 3.05) is 12.4 Å². The molecule has 0 radical (unpaired) electrons. The molecule has 3 aromatic rings. The van der Waals surface area contributed by atoms with Crippen molar-refractivity contribution >= 4 is 29.9 Å². The third kappa shape index (κ3) is 6.16. The number of carbonyl (C=O) groups is 2. The van der Waals surface area contributed by atoms with Crippen molar-refractivity contribution in [2.24, 2.45) is 5.10 Å². The van der Waals surface area contributed by atoms with E-state index in [2.05, 4.69) is 20.7 Å². The molecule has 9 nitrogen and oxygen atoms in total. The number of thioether (sulfide) groups is 1. The van der Waals surface area contributed by atoms with Crippen LogP contribution in [0.25, 0.3) is 11.4 Å². The summed E-state index contributed by atoms with van der Waals surface area (Å²) < 4.78 is 7.08. The van der Waals surface area contributed by atoms with E-state index in [1.165, 1.54) is 18.0 Å². The molecular formula is C21H20N5O4S-. The molecule has 0 aliphatic carbocycles. The zero-order valence-corrected chi connectivity index (χ0v) is 17.5. The molecule has 0 spiro atoms. The molecule has 3 rings (SSSR count). The fraction of sp³-hybridized carbons (Fsp3) is 0.190. The summed E-state index contributed by atoms with van der Waals surface area (Å²) in [6.45, 7) is 2.09. The molecule has 0 aliphatic rings. The molecule has 1 amide bonds. The number of amides is 1. The van der Waals surface area contributed by atoms with E-state index in [-0.39, 0.29) is 11.7 Å². The second kappa shape index (κ2) is 10.9. The van der Waals surface area contributed by atoms with Crippen LogP contribution in [0.4, 0.5) is 0 Å². The van der Waals surface area contributed by atoms with E-state index >= 15 is 0 Å². The largest absolute Gasteiger partial charge is 0.546 e. The lowest BCUT2D eigenvalue weighted by molar-refractivity contribution is -0.307. The molecule has 0 atom stereocenters. The molecule has 1 aromatic heterocycles. The molecule has 0 saturated carbocycles. The van der Waals surface area contributed by atoms with Crippen LogP contribution in [0.3, 0.4) is 0 Å². The van der Waals surface area contributed by atoms with Gasteiger partial charge in [0.2, 0.25) is 0 Å². The third-order valence-electron chi connectivity index (χ3n) is 4.05. The van der Waals surface area contributed by atoms with Crippen LogP contribution in [0, 0.1) is 0 Å². The van der Waals surface area contributed by atoms with E-state index < -0.39 is 12.6 Å². The highest BCUT2D eigenvalue weighted by atomic mass is 32.2. The first-order chi connectivity index (χ1) is 15.1. The number of para-hydroxylation sites is 1. The molecule has 10 heteroatoms. The Labute approximate surface area is 183 Å². The molecule has 0 saturated heterocycles. The number of hydrazone groups is 1. The van der Waals surface area contributed by atoms with Gasteiger partial charge in [-0.05, 0) is 19.1 Å². The van der Waals surface area contributed by atoms with Gasteiger partial charge in [0.05, 0.1) is 17.9 Å². The Morgan fingerprint density at radius 3 is 2.65 bits per heavy atom. The molecular weight excluding hydrogens is 418 g/mol. The number of ether oxygens (including phenoxy) is 1. The number of hydrogen-bond acceptors (Lipinski definition) is 8. The van der Waals surface area contributed by atoms with Crippen molar-refractivity contribution < 1.29 is 19.4 Å². The van der Waals surface area contributed by atoms with Gasteiger partial charge in [0.1, 0.15) is 12.4 Å². The maximum Gasteiger partial charge on any atom is 0.250 e. The third-order valence-corrected chi connectivity index (χ3v) is 5.02. The Kier molecular flexibility index (Phi) is 7.77. The molecule has 2 aromatic carbocycles. The van der Waals surface area contributed by atoms with Crippen molar-refractivity contribution in [1.82, 2.24) is 20.2 Å². The van der Waals surface area contributed by atoms with Crippen molar-refractivity contribution in [3.63, 3.8) is 0 Å². The first-order valence-corrected chi connectivity index (χ1v) is 10.4. The Morgan fingerprint density at radius 1 is 1.16 bits per heavy atom. The topological polar surface area (TPSA) is 122 Å². The zero-order valence-electron chi connectivity index (χ0n) is 16.7. The molecule has 31 heavy (non-hydrogen) atoms. The minimum absolute atomic E-state index is 0.104. The Balaban J connectivity index is 1.57. The van der Waals surface area contributed by atoms with Gasteiger partial charge in [0.25, 0.3) is 5.91 Å². The van der Waals surface area contributed by atoms with E-state index in [0.717, 1.165) is 11.4 Å². The number of nitrogens with zero attached hydrogens (tertiary/aromatic N) is 4. The summed E-state index contributed by atoms with van der Waals surface area (Å²) in [5, 5.41) is 23.6. The van der Waals surface area contributed by atoms with Gasteiger partial charge in [-0.15, -0.1) is 10.2 Å². The quantitative estimate of drug-likeness (QED) is 0.288. The van der Waals surface area contributed by atoms with Gasteiger partial charge in [-0.25, -0.2) is 5.43 Å². The maximum absolute atomic E-state index is 12.2. The lowest BCUT2D eigenvalue weighted by Crippen LogP contribution is -2.29. The van der Waals surface area contributed by atoms with Crippen molar-refractivity contribution in [3.8, 4) is 17.1 Å². The van der Waals surface area contributed by atoms with Crippen LogP contribution in [-0.2, 0) is 16.1 Å². The van der Waals surface area contributed by atoms with E-state index in [1.54, 1.807) is 24.3 Å². The predicted octanol–water partition coefficient (Wildman–Crippen LogP) is 1.34. The standard InChI is InChI=1S/C21H21N5O4S/c1-2-26-20(15-8-4-3-5-9-15)24-25-21(26)31-14-18(27)23-22-12-16-10-6-7-11-17(16)30-13-19(28)29/h3-12H,2,13-14H2,1H3,(H,23,27)(H,28,29)/p-1/b22-12-. The summed E-state index contributed by atoms with van der Waals surface area (Å²) in [4.78, 5) is 22.7. The fourth-order valence-electron chi connectivity index (χ4n) is 2.67. The molecule has 160 valence electrons. The number of rotatable bonds is 10. The number of benzene rings is 2. The molecule has 0 fully saturated rings. The number of aromatic nitrogens is 3. The minimum Gasteiger partial charge on any atom is -0.546 e. The van der Waals surface area contributed by atoms with Crippen LogP contribution in [0.1, 0.15) is 12.5 Å². The van der Waals surface area contributed by atoms with Gasteiger partial charge in [-0.2, -0.15) is 5.10 Å². The first-order valence-electron chi connectivity index (χ1n) is 9.43. The highest BCUT2D eigenvalue weighted by Crippen LogP contribution is 2.23. The number of aliphatic carboxylic acids is 1. The summed E-state index contributed by atoms with van der Waals surface area (Å²) in [7, 11) is 0. The first kappa shape index (κ1) is 22.0. The molecule has 1 N–H and O–H groups in total.